The number of benzene rings is 2. The standard InChI is InChI=1S/C15H15FN2O5S/c1-3-17(11-5-4-6-12(9-11)18(19)20)24(21,22)13-7-8-15(23-2)14(16)10-13/h4-10H,3H2,1-2H3. The zero-order valence-corrected chi connectivity index (χ0v) is 13.8. The fraction of sp³-hybridized carbons (Fsp3) is 0.200. The lowest BCUT2D eigenvalue weighted by Gasteiger charge is -2.23. The fourth-order valence-electron chi connectivity index (χ4n) is 2.19. The third kappa shape index (κ3) is 3.30. The van der Waals surface area contributed by atoms with Crippen LogP contribution in [0.5, 0.6) is 5.75 Å². The van der Waals surface area contributed by atoms with Crippen LogP contribution in [0.15, 0.2) is 47.4 Å². The van der Waals surface area contributed by atoms with E-state index in [-0.39, 0.29) is 28.6 Å². The molecule has 2 rings (SSSR count). The van der Waals surface area contributed by atoms with E-state index in [1.807, 2.05) is 0 Å². The smallest absolute Gasteiger partial charge is 0.271 e. The van der Waals surface area contributed by atoms with Gasteiger partial charge < -0.3 is 4.74 Å². The van der Waals surface area contributed by atoms with Crippen LogP contribution >= 0.6 is 0 Å². The van der Waals surface area contributed by atoms with E-state index >= 15 is 0 Å². The number of halogens is 1. The molecule has 0 amide bonds. The second kappa shape index (κ2) is 6.83. The number of sulfonamides is 1. The Labute approximate surface area is 138 Å². The zero-order chi connectivity index (χ0) is 17.9. The molecule has 128 valence electrons. The van der Waals surface area contributed by atoms with E-state index in [9.17, 15) is 22.9 Å². The number of methoxy groups -OCH3 is 1. The lowest BCUT2D eigenvalue weighted by Crippen LogP contribution is -2.30. The summed E-state index contributed by atoms with van der Waals surface area (Å²) in [6.45, 7) is 1.60. The first-order valence-corrected chi connectivity index (χ1v) is 8.36. The molecule has 2 aromatic rings. The second-order valence-electron chi connectivity index (χ2n) is 4.74. The van der Waals surface area contributed by atoms with Crippen molar-refractivity contribution >= 4 is 21.4 Å². The predicted octanol–water partition coefficient (Wildman–Crippen LogP) is 2.96. The van der Waals surface area contributed by atoms with Crippen molar-refractivity contribution in [3.05, 3.63) is 58.4 Å². The van der Waals surface area contributed by atoms with Gasteiger partial charge in [0.1, 0.15) is 0 Å². The number of nitro groups is 1. The molecule has 7 nitrogen and oxygen atoms in total. The SMILES string of the molecule is CCN(c1cccc([N+](=O)[O-])c1)S(=O)(=O)c1ccc(OC)c(F)c1. The summed E-state index contributed by atoms with van der Waals surface area (Å²) in [5.74, 6) is -0.888. The highest BCUT2D eigenvalue weighted by Crippen LogP contribution is 2.28. The van der Waals surface area contributed by atoms with Crippen LogP contribution in [0.4, 0.5) is 15.8 Å². The molecule has 0 atom stereocenters. The predicted molar refractivity (Wildman–Crippen MR) is 86.3 cm³/mol. The molecule has 0 saturated heterocycles. The van der Waals surface area contributed by atoms with Crippen LogP contribution in [0.2, 0.25) is 0 Å². The Balaban J connectivity index is 2.51. The molecular weight excluding hydrogens is 339 g/mol. The minimum absolute atomic E-state index is 0.0249. The van der Waals surface area contributed by atoms with Gasteiger partial charge in [-0.1, -0.05) is 6.07 Å². The van der Waals surface area contributed by atoms with Gasteiger partial charge in [-0.3, -0.25) is 14.4 Å². The minimum Gasteiger partial charge on any atom is -0.494 e. The number of ether oxygens (including phenoxy) is 1. The highest BCUT2D eigenvalue weighted by atomic mass is 32.2. The van der Waals surface area contributed by atoms with E-state index in [0.29, 0.717) is 0 Å². The largest absolute Gasteiger partial charge is 0.494 e. The minimum atomic E-state index is -4.08. The highest BCUT2D eigenvalue weighted by Gasteiger charge is 2.26. The van der Waals surface area contributed by atoms with E-state index in [4.69, 9.17) is 4.74 Å². The van der Waals surface area contributed by atoms with Gasteiger partial charge in [-0.25, -0.2) is 12.8 Å². The number of rotatable bonds is 6. The summed E-state index contributed by atoms with van der Waals surface area (Å²) in [7, 11) is -2.81. The van der Waals surface area contributed by atoms with Crippen molar-refractivity contribution in [2.24, 2.45) is 0 Å². The number of nitrogens with zero attached hydrogens (tertiary/aromatic N) is 2. The van der Waals surface area contributed by atoms with Gasteiger partial charge in [0.2, 0.25) is 0 Å². The molecule has 0 bridgehead atoms. The van der Waals surface area contributed by atoms with E-state index in [2.05, 4.69) is 0 Å². The quantitative estimate of drug-likeness (QED) is 0.588. The summed E-state index contributed by atoms with van der Waals surface area (Å²) >= 11 is 0. The van der Waals surface area contributed by atoms with Crippen molar-refractivity contribution in [1.29, 1.82) is 0 Å². The molecule has 2 aromatic carbocycles. The topological polar surface area (TPSA) is 89.8 Å². The zero-order valence-electron chi connectivity index (χ0n) is 13.0. The van der Waals surface area contributed by atoms with Gasteiger partial charge in [0, 0.05) is 18.7 Å². The summed E-state index contributed by atoms with van der Waals surface area (Å²) in [6.07, 6.45) is 0. The Morgan fingerprint density at radius 1 is 1.25 bits per heavy atom. The average molecular weight is 354 g/mol. The fourth-order valence-corrected chi connectivity index (χ4v) is 3.67. The Morgan fingerprint density at radius 2 is 1.96 bits per heavy atom. The number of non-ortho nitro benzene ring substituents is 1. The number of nitro benzene ring substituents is 1. The van der Waals surface area contributed by atoms with Crippen LogP contribution in [-0.4, -0.2) is 27.0 Å². The van der Waals surface area contributed by atoms with Crippen molar-refractivity contribution in [2.75, 3.05) is 18.0 Å². The van der Waals surface area contributed by atoms with Crippen molar-refractivity contribution in [2.45, 2.75) is 11.8 Å². The molecule has 0 heterocycles. The monoisotopic (exact) mass is 354 g/mol. The maximum atomic E-state index is 13.8. The van der Waals surface area contributed by atoms with Crippen molar-refractivity contribution in [3.8, 4) is 5.75 Å². The molecule has 0 aliphatic rings. The lowest BCUT2D eigenvalue weighted by molar-refractivity contribution is -0.384. The first kappa shape index (κ1) is 17.7. The molecule has 0 saturated carbocycles. The normalized spacial score (nSPS) is 11.1. The van der Waals surface area contributed by atoms with Gasteiger partial charge in [-0.05, 0) is 31.2 Å². The van der Waals surface area contributed by atoms with Crippen LogP contribution < -0.4 is 9.04 Å². The molecule has 0 unspecified atom stereocenters. The Morgan fingerprint density at radius 3 is 2.50 bits per heavy atom. The van der Waals surface area contributed by atoms with E-state index in [1.165, 1.54) is 37.4 Å². The van der Waals surface area contributed by atoms with Crippen LogP contribution in [0.25, 0.3) is 0 Å². The average Bonchev–Trinajstić information content (AvgIpc) is 2.55. The number of hydrogen-bond donors (Lipinski definition) is 0. The van der Waals surface area contributed by atoms with Gasteiger partial charge in [0.15, 0.2) is 11.6 Å². The highest BCUT2D eigenvalue weighted by molar-refractivity contribution is 7.92. The van der Waals surface area contributed by atoms with Gasteiger partial charge in [-0.15, -0.1) is 0 Å². The lowest BCUT2D eigenvalue weighted by atomic mass is 10.3. The van der Waals surface area contributed by atoms with E-state index < -0.39 is 20.8 Å². The maximum Gasteiger partial charge on any atom is 0.271 e. The molecule has 0 spiro atoms. The Hall–Kier alpha value is -2.68. The summed E-state index contributed by atoms with van der Waals surface area (Å²) in [6, 6.07) is 8.53. The summed E-state index contributed by atoms with van der Waals surface area (Å²) < 4.78 is 45.1. The number of anilines is 1. The summed E-state index contributed by atoms with van der Waals surface area (Å²) in [5, 5.41) is 10.9. The first-order valence-electron chi connectivity index (χ1n) is 6.92. The molecule has 24 heavy (non-hydrogen) atoms. The third-order valence-electron chi connectivity index (χ3n) is 3.33. The van der Waals surface area contributed by atoms with Crippen molar-refractivity contribution in [3.63, 3.8) is 0 Å². The van der Waals surface area contributed by atoms with Crippen LogP contribution in [0.1, 0.15) is 6.92 Å². The van der Waals surface area contributed by atoms with E-state index in [0.717, 1.165) is 16.4 Å². The van der Waals surface area contributed by atoms with Gasteiger partial charge in [-0.2, -0.15) is 0 Å². The van der Waals surface area contributed by atoms with Gasteiger partial charge in [0.05, 0.1) is 22.6 Å². The second-order valence-corrected chi connectivity index (χ2v) is 6.61. The van der Waals surface area contributed by atoms with Crippen molar-refractivity contribution < 1.29 is 22.5 Å². The van der Waals surface area contributed by atoms with Crippen molar-refractivity contribution in [1.82, 2.24) is 0 Å². The Kier molecular flexibility index (Phi) is 5.03. The molecule has 0 aromatic heterocycles. The van der Waals surface area contributed by atoms with Crippen LogP contribution in [-0.2, 0) is 10.0 Å². The molecule has 0 aliphatic heterocycles. The molecule has 0 radical (unpaired) electrons. The number of hydrogen-bond acceptors (Lipinski definition) is 5. The van der Waals surface area contributed by atoms with Gasteiger partial charge >= 0.3 is 0 Å². The summed E-state index contributed by atoms with van der Waals surface area (Å²) in [4.78, 5) is 9.99. The first-order chi connectivity index (χ1) is 11.3. The van der Waals surface area contributed by atoms with E-state index in [1.54, 1.807) is 6.92 Å². The molecular formula is C15H15FN2O5S. The summed E-state index contributed by atoms with van der Waals surface area (Å²) in [5.41, 5.74) is -0.106. The van der Waals surface area contributed by atoms with Crippen LogP contribution in [0.3, 0.4) is 0 Å². The molecule has 0 fully saturated rings. The molecule has 9 heteroatoms. The van der Waals surface area contributed by atoms with Gasteiger partial charge in [0.25, 0.3) is 15.7 Å². The van der Waals surface area contributed by atoms with Crippen LogP contribution in [0, 0.1) is 15.9 Å². The molecule has 0 aliphatic carbocycles. The molecule has 0 N–H and O–H groups in total. The maximum absolute atomic E-state index is 13.8. The Bertz CT molecular complexity index is 870. The third-order valence-corrected chi connectivity index (χ3v) is 5.23.